The lowest BCUT2D eigenvalue weighted by Gasteiger charge is -2.21. The minimum Gasteiger partial charge on any atom is -0.493 e. The molecule has 1 aromatic carbocycles. The number of carbonyl (C=O) groups excluding carboxylic acids is 1. The van der Waals surface area contributed by atoms with E-state index in [1.165, 1.54) is 7.11 Å². The van der Waals surface area contributed by atoms with Gasteiger partial charge in [-0.25, -0.2) is 0 Å². The van der Waals surface area contributed by atoms with Gasteiger partial charge in [0.05, 0.1) is 26.9 Å². The van der Waals surface area contributed by atoms with Crippen LogP contribution in [0.15, 0.2) is 12.1 Å². The van der Waals surface area contributed by atoms with E-state index in [0.717, 1.165) is 5.56 Å². The maximum atomic E-state index is 11.9. The summed E-state index contributed by atoms with van der Waals surface area (Å²) in [5.41, 5.74) is 0.524. The summed E-state index contributed by atoms with van der Waals surface area (Å²) >= 11 is 6.30. The van der Waals surface area contributed by atoms with Crippen LogP contribution in [0.1, 0.15) is 26.3 Å². The Kier molecular flexibility index (Phi) is 9.72. The van der Waals surface area contributed by atoms with Crippen LogP contribution >= 0.6 is 11.6 Å². The number of aliphatic hydroxyl groups is 1. The molecule has 0 spiro atoms. The average Bonchev–Trinajstić information content (AvgIpc) is 2.55. The molecule has 0 radical (unpaired) electrons. The minimum atomic E-state index is -0.321. The van der Waals surface area contributed by atoms with E-state index >= 15 is 0 Å². The molecule has 0 atom stereocenters. The highest BCUT2D eigenvalue weighted by atomic mass is 35.5. The van der Waals surface area contributed by atoms with Gasteiger partial charge in [-0.1, -0.05) is 11.6 Å². The molecule has 7 nitrogen and oxygen atoms in total. The Morgan fingerprint density at radius 2 is 1.96 bits per heavy atom. The Labute approximate surface area is 160 Å². The summed E-state index contributed by atoms with van der Waals surface area (Å²) in [6.45, 7) is 7.58. The van der Waals surface area contributed by atoms with Crippen LogP contribution in [0.4, 0.5) is 0 Å². The number of methoxy groups -OCH3 is 1. The Bertz CT molecular complexity index is 575. The summed E-state index contributed by atoms with van der Waals surface area (Å²) in [4.78, 5) is 11.9. The number of benzene rings is 1. The van der Waals surface area contributed by atoms with Crippen LogP contribution < -0.4 is 20.1 Å². The lowest BCUT2D eigenvalue weighted by Crippen LogP contribution is -2.43. The number of hydrogen-bond acceptors (Lipinski definition) is 6. The standard InChI is InChI=1S/C18H29ClN2O5/c1-18(2,3)21-17(23)12-26-16-10-14(19)13(9-15(16)24-4)11-20-5-7-25-8-6-22/h9-10,20,22H,5-8,11-12H2,1-4H3,(H,21,23). The normalized spacial score (nSPS) is 11.3. The molecule has 0 unspecified atom stereocenters. The van der Waals surface area contributed by atoms with Crippen LogP contribution in [-0.4, -0.2) is 56.6 Å². The van der Waals surface area contributed by atoms with Gasteiger partial charge in [0.1, 0.15) is 0 Å². The summed E-state index contributed by atoms with van der Waals surface area (Å²) in [5, 5.41) is 15.2. The maximum Gasteiger partial charge on any atom is 0.258 e. The first-order valence-electron chi connectivity index (χ1n) is 8.46. The molecule has 0 aliphatic rings. The monoisotopic (exact) mass is 388 g/mol. The number of carbonyl (C=O) groups is 1. The smallest absolute Gasteiger partial charge is 0.258 e. The van der Waals surface area contributed by atoms with Crippen LogP contribution in [0.5, 0.6) is 11.5 Å². The third-order valence-electron chi connectivity index (χ3n) is 3.18. The lowest BCUT2D eigenvalue weighted by molar-refractivity contribution is -0.124. The topological polar surface area (TPSA) is 89.1 Å². The Balaban J connectivity index is 2.61. The van der Waals surface area contributed by atoms with E-state index < -0.39 is 0 Å². The van der Waals surface area contributed by atoms with Crippen molar-refractivity contribution in [3.8, 4) is 11.5 Å². The van der Waals surface area contributed by atoms with Crippen LogP contribution in [0.2, 0.25) is 5.02 Å². The lowest BCUT2D eigenvalue weighted by atomic mass is 10.1. The molecule has 26 heavy (non-hydrogen) atoms. The second-order valence-corrected chi connectivity index (χ2v) is 7.10. The summed E-state index contributed by atoms with van der Waals surface area (Å²) in [6, 6.07) is 3.42. The first-order chi connectivity index (χ1) is 12.3. The second-order valence-electron chi connectivity index (χ2n) is 6.69. The highest BCUT2D eigenvalue weighted by molar-refractivity contribution is 6.31. The third kappa shape index (κ3) is 8.71. The first-order valence-corrected chi connectivity index (χ1v) is 8.84. The van der Waals surface area contributed by atoms with Crippen molar-refractivity contribution in [2.75, 3.05) is 40.1 Å². The fourth-order valence-electron chi connectivity index (χ4n) is 2.12. The van der Waals surface area contributed by atoms with Gasteiger partial charge < -0.3 is 30.0 Å². The van der Waals surface area contributed by atoms with Crippen molar-refractivity contribution in [1.29, 1.82) is 0 Å². The predicted molar refractivity (Wildman–Crippen MR) is 101 cm³/mol. The van der Waals surface area contributed by atoms with E-state index in [4.69, 9.17) is 30.9 Å². The molecular formula is C18H29ClN2O5. The van der Waals surface area contributed by atoms with Gasteiger partial charge >= 0.3 is 0 Å². The average molecular weight is 389 g/mol. The molecule has 1 amide bonds. The quantitative estimate of drug-likeness (QED) is 0.500. The van der Waals surface area contributed by atoms with E-state index in [-0.39, 0.29) is 24.7 Å². The summed E-state index contributed by atoms with van der Waals surface area (Å²) in [7, 11) is 1.53. The van der Waals surface area contributed by atoms with E-state index in [1.54, 1.807) is 12.1 Å². The molecule has 8 heteroatoms. The van der Waals surface area contributed by atoms with Gasteiger partial charge in [0, 0.05) is 29.7 Å². The predicted octanol–water partition coefficient (Wildman–Crippen LogP) is 1.74. The van der Waals surface area contributed by atoms with Crippen molar-refractivity contribution in [3.05, 3.63) is 22.7 Å². The fraction of sp³-hybridized carbons (Fsp3) is 0.611. The number of rotatable bonds is 11. The van der Waals surface area contributed by atoms with Crippen molar-refractivity contribution in [1.82, 2.24) is 10.6 Å². The van der Waals surface area contributed by atoms with Crippen molar-refractivity contribution in [2.24, 2.45) is 0 Å². The number of nitrogens with one attached hydrogen (secondary N) is 2. The molecule has 0 aliphatic carbocycles. The summed E-state index contributed by atoms with van der Waals surface area (Å²) in [6.07, 6.45) is 0. The molecule has 0 aromatic heterocycles. The Morgan fingerprint density at radius 3 is 2.58 bits per heavy atom. The second kappa shape index (κ2) is 11.2. The van der Waals surface area contributed by atoms with E-state index in [1.807, 2.05) is 20.8 Å². The molecule has 1 rings (SSSR count). The van der Waals surface area contributed by atoms with Crippen molar-refractivity contribution < 1.29 is 24.1 Å². The van der Waals surface area contributed by atoms with Crippen molar-refractivity contribution in [3.63, 3.8) is 0 Å². The van der Waals surface area contributed by atoms with Gasteiger partial charge in [0.15, 0.2) is 18.1 Å². The molecule has 1 aromatic rings. The maximum absolute atomic E-state index is 11.9. The number of halogens is 1. The minimum absolute atomic E-state index is 0.0122. The molecule has 0 saturated carbocycles. The van der Waals surface area contributed by atoms with Crippen LogP contribution in [-0.2, 0) is 16.1 Å². The van der Waals surface area contributed by atoms with Crippen LogP contribution in [0, 0.1) is 0 Å². The van der Waals surface area contributed by atoms with Gasteiger partial charge in [-0.3, -0.25) is 4.79 Å². The number of ether oxygens (including phenoxy) is 3. The van der Waals surface area contributed by atoms with E-state index in [0.29, 0.717) is 42.8 Å². The van der Waals surface area contributed by atoms with Gasteiger partial charge in [-0.2, -0.15) is 0 Å². The van der Waals surface area contributed by atoms with E-state index in [9.17, 15) is 4.79 Å². The van der Waals surface area contributed by atoms with Crippen molar-refractivity contribution in [2.45, 2.75) is 32.9 Å². The Morgan fingerprint density at radius 1 is 1.23 bits per heavy atom. The zero-order valence-corrected chi connectivity index (χ0v) is 16.6. The summed E-state index contributed by atoms with van der Waals surface area (Å²) in [5.74, 6) is 0.701. The highest BCUT2D eigenvalue weighted by Crippen LogP contribution is 2.33. The SMILES string of the molecule is COc1cc(CNCCOCCO)c(Cl)cc1OCC(=O)NC(C)(C)C. The molecule has 0 saturated heterocycles. The molecule has 148 valence electrons. The van der Waals surface area contributed by atoms with Crippen LogP contribution in [0.3, 0.4) is 0 Å². The van der Waals surface area contributed by atoms with Crippen molar-refractivity contribution >= 4 is 17.5 Å². The largest absolute Gasteiger partial charge is 0.493 e. The molecule has 0 fully saturated rings. The van der Waals surface area contributed by atoms with E-state index in [2.05, 4.69) is 10.6 Å². The van der Waals surface area contributed by atoms with Crippen LogP contribution in [0.25, 0.3) is 0 Å². The fourth-order valence-corrected chi connectivity index (χ4v) is 2.34. The third-order valence-corrected chi connectivity index (χ3v) is 3.53. The number of aliphatic hydroxyl groups excluding tert-OH is 1. The zero-order valence-electron chi connectivity index (χ0n) is 15.9. The molecule has 0 heterocycles. The first kappa shape index (κ1) is 22.5. The van der Waals surface area contributed by atoms with Gasteiger partial charge in [-0.15, -0.1) is 0 Å². The van der Waals surface area contributed by atoms with Gasteiger partial charge in [-0.05, 0) is 32.4 Å². The number of amides is 1. The zero-order chi connectivity index (χ0) is 19.6. The summed E-state index contributed by atoms with van der Waals surface area (Å²) < 4.78 is 16.1. The molecule has 0 aliphatic heterocycles. The Hall–Kier alpha value is -1.54. The van der Waals surface area contributed by atoms with Gasteiger partial charge in [0.2, 0.25) is 0 Å². The molecule has 0 bridgehead atoms. The number of hydrogen-bond donors (Lipinski definition) is 3. The highest BCUT2D eigenvalue weighted by Gasteiger charge is 2.16. The van der Waals surface area contributed by atoms with Gasteiger partial charge in [0.25, 0.3) is 5.91 Å². The molecular weight excluding hydrogens is 360 g/mol. The molecule has 3 N–H and O–H groups in total.